The molecule has 0 aromatic heterocycles. The average molecular weight is 260 g/mol. The highest BCUT2D eigenvalue weighted by Crippen LogP contribution is 2.22. The van der Waals surface area contributed by atoms with Gasteiger partial charge >= 0.3 is 0 Å². The minimum atomic E-state index is -1.17. The molecule has 0 radical (unpaired) electrons. The summed E-state index contributed by atoms with van der Waals surface area (Å²) in [5, 5.41) is 2.06. The van der Waals surface area contributed by atoms with Gasteiger partial charge in [-0.05, 0) is 0 Å². The Hall–Kier alpha value is -1.60. The lowest BCUT2D eigenvalue weighted by Gasteiger charge is -2.14. The molecule has 1 aliphatic heterocycles. The Balaban J connectivity index is 2.17. The summed E-state index contributed by atoms with van der Waals surface area (Å²) in [5.41, 5.74) is 4.92. The predicted octanol–water partition coefficient (Wildman–Crippen LogP) is 1.02. The third-order valence-electron chi connectivity index (χ3n) is 2.72. The standard InChI is InChI=1S/C11H11F3N2O2/c12-5-1-7(13)10(8(14)2-5)16-11(17)6-3-18-4-9(6)15/h1-2,6,9H,3-4,15H2,(H,16,17). The minimum Gasteiger partial charge on any atom is -0.379 e. The van der Waals surface area contributed by atoms with Crippen LogP contribution in [0, 0.1) is 23.4 Å². The van der Waals surface area contributed by atoms with Crippen molar-refractivity contribution in [3.63, 3.8) is 0 Å². The molecule has 2 rings (SSSR count). The van der Waals surface area contributed by atoms with Crippen molar-refractivity contribution in [2.75, 3.05) is 18.5 Å². The van der Waals surface area contributed by atoms with E-state index in [1.165, 1.54) is 0 Å². The quantitative estimate of drug-likeness (QED) is 0.834. The first-order valence-corrected chi connectivity index (χ1v) is 5.27. The van der Waals surface area contributed by atoms with Crippen molar-refractivity contribution in [1.29, 1.82) is 0 Å². The van der Waals surface area contributed by atoms with E-state index >= 15 is 0 Å². The summed E-state index contributed by atoms with van der Waals surface area (Å²) in [6.45, 7) is 0.309. The van der Waals surface area contributed by atoms with Gasteiger partial charge in [-0.15, -0.1) is 0 Å². The summed E-state index contributed by atoms with van der Waals surface area (Å²) >= 11 is 0. The first-order chi connectivity index (χ1) is 8.49. The Morgan fingerprint density at radius 2 is 1.89 bits per heavy atom. The molecule has 2 atom stereocenters. The van der Waals surface area contributed by atoms with Crippen molar-refractivity contribution >= 4 is 11.6 Å². The molecule has 1 aromatic carbocycles. The Labute approximate surface area is 101 Å². The van der Waals surface area contributed by atoms with E-state index in [1.54, 1.807) is 0 Å². The molecular weight excluding hydrogens is 249 g/mol. The van der Waals surface area contributed by atoms with E-state index in [0.29, 0.717) is 12.1 Å². The van der Waals surface area contributed by atoms with Gasteiger partial charge in [-0.2, -0.15) is 0 Å². The monoisotopic (exact) mass is 260 g/mol. The fourth-order valence-electron chi connectivity index (χ4n) is 1.72. The summed E-state index contributed by atoms with van der Waals surface area (Å²) in [4.78, 5) is 11.7. The molecule has 1 aliphatic rings. The molecule has 2 unspecified atom stereocenters. The molecule has 0 bridgehead atoms. The second-order valence-corrected chi connectivity index (χ2v) is 4.04. The van der Waals surface area contributed by atoms with Crippen molar-refractivity contribution in [1.82, 2.24) is 0 Å². The summed E-state index contributed by atoms with van der Waals surface area (Å²) in [6.07, 6.45) is 0. The van der Waals surface area contributed by atoms with Gasteiger partial charge in [0, 0.05) is 18.2 Å². The van der Waals surface area contributed by atoms with Crippen LogP contribution in [-0.4, -0.2) is 25.2 Å². The zero-order valence-corrected chi connectivity index (χ0v) is 9.25. The maximum atomic E-state index is 13.3. The third-order valence-corrected chi connectivity index (χ3v) is 2.72. The number of rotatable bonds is 2. The number of carbonyl (C=O) groups excluding carboxylic acids is 1. The van der Waals surface area contributed by atoms with Gasteiger partial charge in [-0.1, -0.05) is 0 Å². The Bertz CT molecular complexity index is 458. The van der Waals surface area contributed by atoms with Crippen LogP contribution in [0.2, 0.25) is 0 Å². The maximum absolute atomic E-state index is 13.3. The second kappa shape index (κ2) is 4.95. The van der Waals surface area contributed by atoms with Crippen LogP contribution in [0.1, 0.15) is 0 Å². The molecule has 0 aliphatic carbocycles. The highest BCUT2D eigenvalue weighted by Gasteiger charge is 2.32. The molecule has 1 fully saturated rings. The zero-order chi connectivity index (χ0) is 13.3. The highest BCUT2D eigenvalue weighted by atomic mass is 19.1. The molecular formula is C11H11F3N2O2. The normalized spacial score (nSPS) is 23.1. The van der Waals surface area contributed by atoms with Gasteiger partial charge in [-0.25, -0.2) is 13.2 Å². The van der Waals surface area contributed by atoms with Gasteiger partial charge in [0.15, 0.2) is 11.6 Å². The number of hydrogen-bond acceptors (Lipinski definition) is 3. The Kier molecular flexibility index (Phi) is 3.53. The molecule has 3 N–H and O–H groups in total. The smallest absolute Gasteiger partial charge is 0.231 e. The van der Waals surface area contributed by atoms with Crippen molar-refractivity contribution in [3.05, 3.63) is 29.6 Å². The molecule has 1 saturated heterocycles. The van der Waals surface area contributed by atoms with Crippen molar-refractivity contribution in [2.24, 2.45) is 11.7 Å². The topological polar surface area (TPSA) is 64.3 Å². The summed E-state index contributed by atoms with van der Waals surface area (Å²) in [6, 6.07) is 0.463. The lowest BCUT2D eigenvalue weighted by Crippen LogP contribution is -2.37. The van der Waals surface area contributed by atoms with E-state index in [-0.39, 0.29) is 13.2 Å². The number of anilines is 1. The summed E-state index contributed by atoms with van der Waals surface area (Å²) in [7, 11) is 0. The number of hydrogen-bond donors (Lipinski definition) is 2. The number of nitrogens with two attached hydrogens (primary N) is 1. The molecule has 1 heterocycles. The lowest BCUT2D eigenvalue weighted by molar-refractivity contribution is -0.120. The average Bonchev–Trinajstić information content (AvgIpc) is 2.69. The maximum Gasteiger partial charge on any atom is 0.231 e. The van der Waals surface area contributed by atoms with Crippen LogP contribution in [0.4, 0.5) is 18.9 Å². The third kappa shape index (κ3) is 2.46. The number of ether oxygens (including phenoxy) is 1. The second-order valence-electron chi connectivity index (χ2n) is 4.04. The first-order valence-electron chi connectivity index (χ1n) is 5.27. The van der Waals surface area contributed by atoms with Crippen LogP contribution in [0.3, 0.4) is 0 Å². The molecule has 98 valence electrons. The molecule has 18 heavy (non-hydrogen) atoms. The number of halogens is 3. The van der Waals surface area contributed by atoms with Crippen LogP contribution in [0.5, 0.6) is 0 Å². The van der Waals surface area contributed by atoms with Crippen molar-refractivity contribution in [3.8, 4) is 0 Å². The fourth-order valence-corrected chi connectivity index (χ4v) is 1.72. The van der Waals surface area contributed by atoms with Crippen LogP contribution in [0.15, 0.2) is 12.1 Å². The van der Waals surface area contributed by atoms with Crippen LogP contribution in [-0.2, 0) is 9.53 Å². The van der Waals surface area contributed by atoms with Gasteiger partial charge in [0.2, 0.25) is 5.91 Å². The largest absolute Gasteiger partial charge is 0.379 e. The summed E-state index contributed by atoms with van der Waals surface area (Å²) < 4.78 is 44.2. The van der Waals surface area contributed by atoms with E-state index in [0.717, 1.165) is 0 Å². The van der Waals surface area contributed by atoms with Crippen LogP contribution >= 0.6 is 0 Å². The lowest BCUT2D eigenvalue weighted by atomic mass is 10.0. The van der Waals surface area contributed by atoms with Crippen LogP contribution < -0.4 is 11.1 Å². The molecule has 0 spiro atoms. The fraction of sp³-hybridized carbons (Fsp3) is 0.364. The number of nitrogens with one attached hydrogen (secondary N) is 1. The van der Waals surface area contributed by atoms with E-state index in [2.05, 4.69) is 5.32 Å². The van der Waals surface area contributed by atoms with Gasteiger partial charge < -0.3 is 15.8 Å². The van der Waals surface area contributed by atoms with E-state index in [4.69, 9.17) is 10.5 Å². The number of amides is 1. The summed E-state index contributed by atoms with van der Waals surface area (Å²) in [5.74, 6) is -4.72. The molecule has 4 nitrogen and oxygen atoms in total. The SMILES string of the molecule is NC1COCC1C(=O)Nc1c(F)cc(F)cc1F. The van der Waals surface area contributed by atoms with Gasteiger partial charge in [0.25, 0.3) is 0 Å². The Morgan fingerprint density at radius 1 is 1.28 bits per heavy atom. The number of carbonyl (C=O) groups is 1. The minimum absolute atomic E-state index is 0.0947. The molecule has 1 amide bonds. The van der Waals surface area contributed by atoms with Crippen LogP contribution in [0.25, 0.3) is 0 Å². The number of benzene rings is 1. The molecule has 0 saturated carbocycles. The van der Waals surface area contributed by atoms with Gasteiger partial charge in [0.05, 0.1) is 19.1 Å². The van der Waals surface area contributed by atoms with Gasteiger partial charge in [0.1, 0.15) is 11.5 Å². The first kappa shape index (κ1) is 12.8. The van der Waals surface area contributed by atoms with Crippen molar-refractivity contribution < 1.29 is 22.7 Å². The molecule has 7 heteroatoms. The zero-order valence-electron chi connectivity index (χ0n) is 9.25. The predicted molar refractivity (Wildman–Crippen MR) is 57.2 cm³/mol. The van der Waals surface area contributed by atoms with Gasteiger partial charge in [-0.3, -0.25) is 4.79 Å². The molecule has 1 aromatic rings. The van der Waals surface area contributed by atoms with Crippen molar-refractivity contribution in [2.45, 2.75) is 6.04 Å². The highest BCUT2D eigenvalue weighted by molar-refractivity contribution is 5.93. The van der Waals surface area contributed by atoms with E-state index < -0.39 is 41.0 Å². The van der Waals surface area contributed by atoms with E-state index in [9.17, 15) is 18.0 Å². The van der Waals surface area contributed by atoms with E-state index in [1.807, 2.05) is 0 Å². The Morgan fingerprint density at radius 3 is 2.39 bits per heavy atom.